The van der Waals surface area contributed by atoms with E-state index in [9.17, 15) is 22.8 Å². The number of rotatable bonds is 9. The Labute approximate surface area is 168 Å². The van der Waals surface area contributed by atoms with Crippen LogP contribution in [0.5, 0.6) is 0 Å². The van der Waals surface area contributed by atoms with Crippen molar-refractivity contribution in [2.24, 2.45) is 11.1 Å². The Hall–Kier alpha value is -2.62. The number of nitrogens with two attached hydrogens (primary N) is 1. The average molecular weight is 440 g/mol. The average Bonchev–Trinajstić information content (AvgIpc) is 3.07. The predicted molar refractivity (Wildman–Crippen MR) is 93.3 cm³/mol. The molecule has 1 saturated heterocycles. The summed E-state index contributed by atoms with van der Waals surface area (Å²) in [6, 6.07) is 0. The van der Waals surface area contributed by atoms with Gasteiger partial charge in [0.15, 0.2) is 16.6 Å². The number of hydroxylamine groups is 2. The molecule has 1 aliphatic heterocycles. The molecule has 1 aromatic heterocycles. The van der Waals surface area contributed by atoms with Gasteiger partial charge in [-0.25, -0.2) is 9.78 Å². The summed E-state index contributed by atoms with van der Waals surface area (Å²) >= 11 is 0.876. The van der Waals surface area contributed by atoms with Crippen molar-refractivity contribution in [3.63, 3.8) is 0 Å². The zero-order valence-corrected chi connectivity index (χ0v) is 15.6. The second kappa shape index (κ2) is 7.78. The third-order valence-corrected chi connectivity index (χ3v) is 4.49. The van der Waals surface area contributed by atoms with Crippen LogP contribution in [0.1, 0.15) is 31.4 Å². The largest absolute Gasteiger partial charge is 0.479 e. The second-order valence-electron chi connectivity index (χ2n) is 5.53. The lowest BCUT2D eigenvalue weighted by Crippen LogP contribution is -2.68. The Morgan fingerprint density at radius 3 is 2.79 bits per heavy atom. The van der Waals surface area contributed by atoms with Gasteiger partial charge in [-0.15, -0.1) is 15.6 Å². The van der Waals surface area contributed by atoms with Crippen molar-refractivity contribution in [2.75, 3.05) is 12.3 Å². The van der Waals surface area contributed by atoms with Crippen LogP contribution < -0.4 is 5.73 Å². The first-order chi connectivity index (χ1) is 14.5. The van der Waals surface area contributed by atoms with Crippen molar-refractivity contribution >= 4 is 50.2 Å². The van der Waals surface area contributed by atoms with Crippen molar-refractivity contribution < 1.29 is 47.1 Å². The number of oxime groups is 1. The number of carboxylic acid groups (broad SMARTS) is 1. The third-order valence-electron chi connectivity index (χ3n) is 3.48. The molecule has 28 heavy (non-hydrogen) atoms. The Morgan fingerprint density at radius 2 is 2.29 bits per heavy atom. The molecule has 0 unspecified atom stereocenters. The van der Waals surface area contributed by atoms with Crippen molar-refractivity contribution in [2.45, 2.75) is 25.7 Å². The number of hydrogen-bond acceptors (Lipinski definition) is 11. The first-order valence-electron chi connectivity index (χ1n) is 9.21. The van der Waals surface area contributed by atoms with E-state index in [4.69, 9.17) is 20.9 Å². The van der Waals surface area contributed by atoms with Crippen LogP contribution in [0.4, 0.5) is 5.13 Å². The molecule has 4 N–H and O–H groups in total. The first-order valence-corrected chi connectivity index (χ1v) is 9.38. The molecule has 13 nitrogen and oxygen atoms in total. The lowest BCUT2D eigenvalue weighted by atomic mass is 9.74. The maximum atomic E-state index is 12.8. The van der Waals surface area contributed by atoms with Gasteiger partial charge in [-0.2, -0.15) is 13.5 Å². The van der Waals surface area contributed by atoms with Gasteiger partial charge < -0.3 is 15.7 Å². The topological polar surface area (TPSA) is 199 Å². The number of Topliss-reactive ketones (excluding diaryl/α,β-unsaturated/α-hetero) is 1. The summed E-state index contributed by atoms with van der Waals surface area (Å²) in [5.74, 6) is -5.66. The fraction of sp³-hybridized carbons (Fsp3) is 0.462. The maximum Gasteiger partial charge on any atom is 0.418 e. The van der Waals surface area contributed by atoms with Gasteiger partial charge in [0.25, 0.3) is 5.91 Å². The summed E-state index contributed by atoms with van der Waals surface area (Å²) in [7, 11) is -5.26. The lowest BCUT2D eigenvalue weighted by Gasteiger charge is -2.50. The summed E-state index contributed by atoms with van der Waals surface area (Å²) in [5.41, 5.74) is 2.31. The highest BCUT2D eigenvalue weighted by Gasteiger charge is 2.57. The van der Waals surface area contributed by atoms with Gasteiger partial charge in [-0.3, -0.25) is 14.1 Å². The highest BCUT2D eigenvalue weighted by atomic mass is 32.3. The molecule has 1 aromatic rings. The molecule has 2 rings (SSSR count). The van der Waals surface area contributed by atoms with E-state index < -0.39 is 65.1 Å². The van der Waals surface area contributed by atoms with E-state index in [1.165, 1.54) is 5.38 Å². The number of carbonyl (C=O) groups excluding carboxylic acids is 2. The molecule has 0 aliphatic carbocycles. The fourth-order valence-electron chi connectivity index (χ4n) is 2.22. The summed E-state index contributed by atoms with van der Waals surface area (Å²) < 4.78 is 65.0. The van der Waals surface area contributed by atoms with Crippen molar-refractivity contribution in [3.8, 4) is 0 Å². The monoisotopic (exact) mass is 440 g/mol. The molecule has 0 saturated carbocycles. The molecule has 1 amide bonds. The standard InChI is InChI=1S/C13H16N4O9S2/c1-13(2)6(11(21)17(13)26-28(22,23)24)3-8(18)10(16-25-4-9(19)20)7-5-27-12(14)15-7/h5-6H,3-4H2,1-2H3,(H2,14,15)(H,19,20)(H,22,23,24)/b16-10-/t6-/m1/s1/i1D3,4D/t4-,6+,13-/m0. The minimum Gasteiger partial charge on any atom is -0.479 e. The van der Waals surface area contributed by atoms with Gasteiger partial charge >= 0.3 is 16.4 Å². The van der Waals surface area contributed by atoms with Crippen LogP contribution in [0.15, 0.2) is 10.5 Å². The maximum absolute atomic E-state index is 12.8. The van der Waals surface area contributed by atoms with E-state index >= 15 is 0 Å². The SMILES string of the molecule is [2H][C@H](O/N=C(\C(=O)C[C@@H]1C(=O)N(OS(=O)(=O)O)[C@]1(C)C([2H])([2H])[2H])c1csc(N)n1)C(=O)O. The van der Waals surface area contributed by atoms with Gasteiger partial charge in [-0.1, -0.05) is 5.16 Å². The number of ketones is 1. The number of carboxylic acids is 1. The normalized spacial score (nSPS) is 26.4. The van der Waals surface area contributed by atoms with E-state index in [1.807, 2.05) is 0 Å². The number of thiazole rings is 1. The van der Waals surface area contributed by atoms with Crippen molar-refractivity contribution in [1.82, 2.24) is 10.0 Å². The van der Waals surface area contributed by atoms with E-state index in [1.54, 1.807) is 0 Å². The summed E-state index contributed by atoms with van der Waals surface area (Å²) in [4.78, 5) is 44.2. The molecule has 154 valence electrons. The number of nitrogens with zero attached hydrogens (tertiary/aromatic N) is 3. The number of amides is 1. The van der Waals surface area contributed by atoms with Crippen LogP contribution in [0.2, 0.25) is 0 Å². The minimum absolute atomic E-state index is 0.0130. The Morgan fingerprint density at radius 1 is 1.61 bits per heavy atom. The molecule has 3 atom stereocenters. The van der Waals surface area contributed by atoms with Crippen LogP contribution in [0.3, 0.4) is 0 Å². The highest BCUT2D eigenvalue weighted by molar-refractivity contribution is 7.80. The van der Waals surface area contributed by atoms with Crippen LogP contribution in [-0.2, 0) is 33.9 Å². The van der Waals surface area contributed by atoms with Crippen LogP contribution in [-0.4, -0.2) is 63.6 Å². The molecular weight excluding hydrogens is 420 g/mol. The zero-order valence-electron chi connectivity index (χ0n) is 17.9. The summed E-state index contributed by atoms with van der Waals surface area (Å²) in [5, 5.41) is 13.2. The second-order valence-corrected chi connectivity index (χ2v) is 7.43. The summed E-state index contributed by atoms with van der Waals surface area (Å²) in [6.45, 7) is -4.35. The number of hydrogen-bond donors (Lipinski definition) is 3. The van der Waals surface area contributed by atoms with E-state index in [-0.39, 0.29) is 15.9 Å². The van der Waals surface area contributed by atoms with E-state index in [2.05, 4.69) is 19.3 Å². The first kappa shape index (κ1) is 16.3. The Bertz CT molecular complexity index is 1070. The van der Waals surface area contributed by atoms with Crippen LogP contribution >= 0.6 is 11.3 Å². The van der Waals surface area contributed by atoms with Gasteiger partial charge in [0, 0.05) is 15.9 Å². The molecule has 1 aliphatic rings. The molecule has 0 radical (unpaired) electrons. The minimum atomic E-state index is -5.26. The molecular formula is C13H16N4O9S2. The zero-order chi connectivity index (χ0) is 24.6. The highest BCUT2D eigenvalue weighted by Crippen LogP contribution is 2.40. The van der Waals surface area contributed by atoms with Gasteiger partial charge in [0.2, 0.25) is 6.58 Å². The number of aromatic nitrogens is 1. The lowest BCUT2D eigenvalue weighted by molar-refractivity contribution is -0.228. The molecule has 15 heteroatoms. The van der Waals surface area contributed by atoms with Gasteiger partial charge in [-0.05, 0) is 13.8 Å². The number of β-lactam (4-membered cyclic amide) rings is 1. The smallest absolute Gasteiger partial charge is 0.418 e. The molecule has 0 aromatic carbocycles. The predicted octanol–water partition coefficient (Wildman–Crippen LogP) is -0.539. The Kier molecular flexibility index (Phi) is 4.54. The number of aliphatic carboxylic acids is 1. The number of nitrogen functional groups attached to an aromatic ring is 1. The fourth-order valence-corrected chi connectivity index (χ4v) is 3.19. The summed E-state index contributed by atoms with van der Waals surface area (Å²) in [6.07, 6.45) is -0.867. The van der Waals surface area contributed by atoms with Crippen LogP contribution in [0, 0.1) is 5.92 Å². The quantitative estimate of drug-likeness (QED) is 0.193. The molecule has 0 spiro atoms. The van der Waals surface area contributed by atoms with Crippen molar-refractivity contribution in [3.05, 3.63) is 11.1 Å². The molecule has 1 fully saturated rings. The molecule has 2 heterocycles. The van der Waals surface area contributed by atoms with Gasteiger partial charge in [0.1, 0.15) is 5.69 Å². The number of anilines is 1. The Balaban J connectivity index is 2.38. The van der Waals surface area contributed by atoms with Gasteiger partial charge in [0.05, 0.1) is 12.8 Å². The van der Waals surface area contributed by atoms with Crippen molar-refractivity contribution in [1.29, 1.82) is 0 Å². The number of carbonyl (C=O) groups is 3. The van der Waals surface area contributed by atoms with E-state index in [0.29, 0.717) is 0 Å². The third kappa shape index (κ3) is 4.80. The van der Waals surface area contributed by atoms with Crippen LogP contribution in [0.25, 0.3) is 0 Å². The van der Waals surface area contributed by atoms with E-state index in [0.717, 1.165) is 18.3 Å². The molecule has 0 bridgehead atoms.